The lowest BCUT2D eigenvalue weighted by molar-refractivity contribution is 0.0696. The Morgan fingerprint density at radius 2 is 2.06 bits per heavy atom. The van der Waals surface area contributed by atoms with E-state index in [1.54, 1.807) is 25.1 Å². The molecule has 1 heterocycles. The molecule has 1 aromatic carbocycles. The molecule has 0 atom stereocenters. The first-order chi connectivity index (χ1) is 8.58. The van der Waals surface area contributed by atoms with Gasteiger partial charge in [-0.05, 0) is 42.1 Å². The Balaban J connectivity index is 2.20. The molecule has 0 aliphatic heterocycles. The summed E-state index contributed by atoms with van der Waals surface area (Å²) in [5.74, 6) is -1.16. The molecule has 2 N–H and O–H groups in total. The van der Waals surface area contributed by atoms with Crippen molar-refractivity contribution in [2.24, 2.45) is 0 Å². The summed E-state index contributed by atoms with van der Waals surface area (Å²) in [6, 6.07) is 8.15. The fraction of sp³-hybridized carbons (Fsp3) is 0.0769. The number of rotatable bonds is 3. The molecule has 0 bridgehead atoms. The summed E-state index contributed by atoms with van der Waals surface area (Å²) in [5, 5.41) is 13.4. The number of anilines is 1. The summed E-state index contributed by atoms with van der Waals surface area (Å²) < 4.78 is 0. The Labute approximate surface area is 108 Å². The minimum atomic E-state index is -0.978. The Morgan fingerprint density at radius 1 is 1.28 bits per heavy atom. The van der Waals surface area contributed by atoms with Crippen LogP contribution in [0.2, 0.25) is 0 Å². The number of amides is 1. The zero-order valence-corrected chi connectivity index (χ0v) is 10.5. The van der Waals surface area contributed by atoms with Crippen LogP contribution in [0.15, 0.2) is 35.7 Å². The second-order valence-electron chi connectivity index (χ2n) is 3.77. The monoisotopic (exact) mass is 261 g/mol. The Bertz CT molecular complexity index is 590. The Kier molecular flexibility index (Phi) is 3.43. The predicted octanol–water partition coefficient (Wildman–Crippen LogP) is 3.01. The van der Waals surface area contributed by atoms with Crippen molar-refractivity contribution in [3.8, 4) is 0 Å². The zero-order valence-electron chi connectivity index (χ0n) is 9.64. The van der Waals surface area contributed by atoms with Crippen LogP contribution >= 0.6 is 11.3 Å². The molecule has 0 radical (unpaired) electrons. The van der Waals surface area contributed by atoms with E-state index < -0.39 is 5.97 Å². The van der Waals surface area contributed by atoms with Gasteiger partial charge >= 0.3 is 5.97 Å². The van der Waals surface area contributed by atoms with Crippen LogP contribution < -0.4 is 5.32 Å². The fourth-order valence-corrected chi connectivity index (χ4v) is 2.15. The van der Waals surface area contributed by atoms with Gasteiger partial charge in [-0.3, -0.25) is 4.79 Å². The van der Waals surface area contributed by atoms with E-state index in [1.807, 2.05) is 5.38 Å². The summed E-state index contributed by atoms with van der Waals surface area (Å²) in [5.41, 5.74) is 1.56. The number of hydrogen-bond acceptors (Lipinski definition) is 3. The molecule has 0 fully saturated rings. The van der Waals surface area contributed by atoms with E-state index >= 15 is 0 Å². The lowest BCUT2D eigenvalue weighted by Gasteiger charge is -2.08. The second kappa shape index (κ2) is 5.01. The van der Waals surface area contributed by atoms with Crippen LogP contribution in [-0.4, -0.2) is 17.0 Å². The van der Waals surface area contributed by atoms with Gasteiger partial charge in [0.1, 0.15) is 0 Å². The van der Waals surface area contributed by atoms with E-state index in [9.17, 15) is 9.59 Å². The van der Waals surface area contributed by atoms with Crippen LogP contribution in [0.3, 0.4) is 0 Å². The fourth-order valence-electron chi connectivity index (χ4n) is 1.53. The molecule has 0 aliphatic rings. The van der Waals surface area contributed by atoms with Crippen LogP contribution in [0.1, 0.15) is 25.6 Å². The number of carboxylic acids is 1. The van der Waals surface area contributed by atoms with Crippen LogP contribution in [0, 0.1) is 6.92 Å². The lowest BCUT2D eigenvalue weighted by atomic mass is 10.1. The van der Waals surface area contributed by atoms with Gasteiger partial charge in [0.15, 0.2) is 0 Å². The lowest BCUT2D eigenvalue weighted by Crippen LogP contribution is -2.11. The van der Waals surface area contributed by atoms with Gasteiger partial charge in [0.05, 0.1) is 10.4 Å². The van der Waals surface area contributed by atoms with Gasteiger partial charge in [-0.2, -0.15) is 0 Å². The van der Waals surface area contributed by atoms with E-state index in [0.717, 1.165) is 5.56 Å². The van der Waals surface area contributed by atoms with Crippen LogP contribution in [-0.2, 0) is 0 Å². The van der Waals surface area contributed by atoms with E-state index in [4.69, 9.17) is 5.11 Å². The number of carbonyl (C=O) groups excluding carboxylic acids is 1. The smallest absolute Gasteiger partial charge is 0.335 e. The van der Waals surface area contributed by atoms with E-state index in [-0.39, 0.29) is 11.5 Å². The van der Waals surface area contributed by atoms with Crippen molar-refractivity contribution in [2.45, 2.75) is 6.92 Å². The molecule has 18 heavy (non-hydrogen) atoms. The molecule has 2 aromatic rings. The third kappa shape index (κ3) is 2.57. The number of thiophene rings is 1. The van der Waals surface area contributed by atoms with Gasteiger partial charge in [-0.25, -0.2) is 4.79 Å². The van der Waals surface area contributed by atoms with Crippen LogP contribution in [0.4, 0.5) is 5.69 Å². The third-order valence-corrected chi connectivity index (χ3v) is 3.34. The summed E-state index contributed by atoms with van der Waals surface area (Å²) in [6.07, 6.45) is 0. The molecule has 5 heteroatoms. The molecule has 0 aliphatic carbocycles. The quantitative estimate of drug-likeness (QED) is 0.892. The number of aromatic carboxylic acids is 1. The van der Waals surface area contributed by atoms with Crippen molar-refractivity contribution in [3.05, 3.63) is 51.7 Å². The van der Waals surface area contributed by atoms with Crippen molar-refractivity contribution < 1.29 is 14.7 Å². The molecule has 2 rings (SSSR count). The molecule has 0 unspecified atom stereocenters. The van der Waals surface area contributed by atoms with Gasteiger partial charge in [0.25, 0.3) is 5.91 Å². The highest BCUT2D eigenvalue weighted by Crippen LogP contribution is 2.18. The number of carboxylic acid groups (broad SMARTS) is 1. The average molecular weight is 261 g/mol. The topological polar surface area (TPSA) is 66.4 Å². The van der Waals surface area contributed by atoms with Crippen LogP contribution in [0.25, 0.3) is 0 Å². The predicted molar refractivity (Wildman–Crippen MR) is 70.4 cm³/mol. The Morgan fingerprint density at radius 3 is 2.61 bits per heavy atom. The average Bonchev–Trinajstić information content (AvgIpc) is 2.85. The van der Waals surface area contributed by atoms with E-state index in [0.29, 0.717) is 10.6 Å². The van der Waals surface area contributed by atoms with E-state index in [2.05, 4.69) is 5.32 Å². The highest BCUT2D eigenvalue weighted by atomic mass is 32.1. The highest BCUT2D eigenvalue weighted by molar-refractivity contribution is 7.12. The number of benzene rings is 1. The summed E-state index contributed by atoms with van der Waals surface area (Å²) in [4.78, 5) is 23.2. The third-order valence-electron chi connectivity index (χ3n) is 2.47. The van der Waals surface area contributed by atoms with Crippen molar-refractivity contribution in [2.75, 3.05) is 5.32 Å². The van der Waals surface area contributed by atoms with E-state index in [1.165, 1.54) is 23.5 Å². The number of nitrogens with one attached hydrogen (secondary N) is 1. The maximum absolute atomic E-state index is 11.8. The van der Waals surface area contributed by atoms with Crippen LogP contribution in [0.5, 0.6) is 0 Å². The Hall–Kier alpha value is -2.14. The number of hydrogen-bond donors (Lipinski definition) is 2. The van der Waals surface area contributed by atoms with Crippen molar-refractivity contribution in [1.29, 1.82) is 0 Å². The molecule has 0 saturated heterocycles. The summed E-state index contributed by atoms with van der Waals surface area (Å²) >= 11 is 1.36. The number of carbonyl (C=O) groups is 2. The number of aryl methyl sites for hydroxylation is 1. The molecule has 92 valence electrons. The minimum Gasteiger partial charge on any atom is -0.478 e. The summed E-state index contributed by atoms with van der Waals surface area (Å²) in [6.45, 7) is 1.76. The van der Waals surface area contributed by atoms with Gasteiger partial charge < -0.3 is 10.4 Å². The summed E-state index contributed by atoms with van der Waals surface area (Å²) in [7, 11) is 0. The van der Waals surface area contributed by atoms with Gasteiger partial charge in [-0.15, -0.1) is 11.3 Å². The van der Waals surface area contributed by atoms with Crippen molar-refractivity contribution >= 4 is 28.9 Å². The van der Waals surface area contributed by atoms with Crippen molar-refractivity contribution in [1.82, 2.24) is 0 Å². The maximum Gasteiger partial charge on any atom is 0.335 e. The van der Waals surface area contributed by atoms with Crippen molar-refractivity contribution in [3.63, 3.8) is 0 Å². The SMILES string of the molecule is Cc1cc(C(=O)O)ccc1NC(=O)c1cccs1. The first kappa shape index (κ1) is 12.3. The zero-order chi connectivity index (χ0) is 13.1. The van der Waals surface area contributed by atoms with Gasteiger partial charge in [-0.1, -0.05) is 6.07 Å². The second-order valence-corrected chi connectivity index (χ2v) is 4.71. The molecule has 0 saturated carbocycles. The molecule has 0 spiro atoms. The van der Waals surface area contributed by atoms with Gasteiger partial charge in [0.2, 0.25) is 0 Å². The normalized spacial score (nSPS) is 10.1. The molecule has 1 amide bonds. The largest absolute Gasteiger partial charge is 0.478 e. The highest BCUT2D eigenvalue weighted by Gasteiger charge is 2.10. The standard InChI is InChI=1S/C13H11NO3S/c1-8-7-9(13(16)17)4-5-10(8)14-12(15)11-3-2-6-18-11/h2-7H,1H3,(H,14,15)(H,16,17). The van der Waals surface area contributed by atoms with Gasteiger partial charge in [0, 0.05) is 5.69 Å². The molecular formula is C13H11NO3S. The molecule has 4 nitrogen and oxygen atoms in total. The first-order valence-corrected chi connectivity index (χ1v) is 6.14. The molecule has 1 aromatic heterocycles. The molecular weight excluding hydrogens is 250 g/mol. The maximum atomic E-state index is 11.8. The first-order valence-electron chi connectivity index (χ1n) is 5.27. The minimum absolute atomic E-state index is 0.184.